The van der Waals surface area contributed by atoms with E-state index in [9.17, 15) is 9.18 Å². The molecule has 0 saturated heterocycles. The highest BCUT2D eigenvalue weighted by Gasteiger charge is 2.33. The zero-order chi connectivity index (χ0) is 15.0. The van der Waals surface area contributed by atoms with Crippen LogP contribution in [0, 0.1) is 5.41 Å². The summed E-state index contributed by atoms with van der Waals surface area (Å²) in [4.78, 5) is 11.7. The summed E-state index contributed by atoms with van der Waals surface area (Å²) in [7, 11) is 0. The molecule has 5 nitrogen and oxygen atoms in total. The van der Waals surface area contributed by atoms with Gasteiger partial charge in [0.05, 0.1) is 12.4 Å². The summed E-state index contributed by atoms with van der Waals surface area (Å²) in [5.74, 6) is 0.202. The normalized spacial score (nSPS) is 21.9. The van der Waals surface area contributed by atoms with Gasteiger partial charge in [0.1, 0.15) is 5.60 Å². The number of carbonyl (C=O) groups excluding carboxylic acids is 1. The first-order valence-electron chi connectivity index (χ1n) is 6.46. The van der Waals surface area contributed by atoms with Gasteiger partial charge in [0, 0.05) is 24.1 Å². The highest BCUT2D eigenvalue weighted by atomic mass is 19.1. The Morgan fingerprint density at radius 3 is 2.75 bits per heavy atom. The second kappa shape index (κ2) is 4.92. The van der Waals surface area contributed by atoms with Gasteiger partial charge in [-0.25, -0.2) is 9.18 Å². The van der Waals surface area contributed by atoms with Crippen LogP contribution in [-0.2, 0) is 4.74 Å². The Labute approximate surface area is 117 Å². The number of aromatic nitrogens is 2. The van der Waals surface area contributed by atoms with Crippen molar-refractivity contribution in [1.29, 1.82) is 0 Å². The first-order valence-corrected chi connectivity index (χ1v) is 6.46. The van der Waals surface area contributed by atoms with Crippen LogP contribution in [0.25, 0.3) is 0 Å². The Morgan fingerprint density at radius 2 is 2.20 bits per heavy atom. The number of allylic oxidation sites excluding steroid dienone is 1. The van der Waals surface area contributed by atoms with E-state index in [1.807, 2.05) is 6.92 Å². The second-order valence-corrected chi connectivity index (χ2v) is 6.29. The van der Waals surface area contributed by atoms with Crippen LogP contribution in [0.1, 0.15) is 34.1 Å². The van der Waals surface area contributed by atoms with E-state index >= 15 is 0 Å². The lowest BCUT2D eigenvalue weighted by Crippen LogP contribution is -2.29. The highest BCUT2D eigenvalue weighted by Crippen LogP contribution is 2.39. The molecule has 20 heavy (non-hydrogen) atoms. The molecule has 1 atom stereocenters. The molecule has 1 heterocycles. The number of nitrogens with zero attached hydrogens (tertiary/aromatic N) is 2. The fourth-order valence-electron chi connectivity index (χ4n) is 1.86. The van der Waals surface area contributed by atoms with E-state index in [4.69, 9.17) is 9.47 Å². The van der Waals surface area contributed by atoms with E-state index in [-0.39, 0.29) is 11.2 Å². The SMILES string of the molecule is CC1(COc2ccn(C(=O)OC(C)(C)C)n2)C=C(F)C1. The maximum atomic E-state index is 12.7. The van der Waals surface area contributed by atoms with Crippen LogP contribution >= 0.6 is 0 Å². The van der Waals surface area contributed by atoms with Gasteiger partial charge in [-0.2, -0.15) is 4.68 Å². The van der Waals surface area contributed by atoms with Gasteiger partial charge in [0.2, 0.25) is 5.88 Å². The number of halogens is 1. The molecule has 0 fully saturated rings. The van der Waals surface area contributed by atoms with Crippen molar-refractivity contribution in [2.45, 2.75) is 39.7 Å². The minimum absolute atomic E-state index is 0.115. The van der Waals surface area contributed by atoms with Gasteiger partial charge in [-0.3, -0.25) is 0 Å². The van der Waals surface area contributed by atoms with E-state index in [0.717, 1.165) is 4.68 Å². The third-order valence-electron chi connectivity index (χ3n) is 2.77. The molecule has 0 amide bonds. The number of rotatable bonds is 3. The summed E-state index contributed by atoms with van der Waals surface area (Å²) in [5.41, 5.74) is -0.869. The number of ether oxygens (including phenoxy) is 2. The van der Waals surface area contributed by atoms with E-state index < -0.39 is 11.7 Å². The van der Waals surface area contributed by atoms with Crippen molar-refractivity contribution in [2.75, 3.05) is 6.61 Å². The Morgan fingerprint density at radius 1 is 1.55 bits per heavy atom. The van der Waals surface area contributed by atoms with E-state index in [1.54, 1.807) is 26.8 Å². The largest absolute Gasteiger partial charge is 0.476 e. The molecule has 0 radical (unpaired) electrons. The van der Waals surface area contributed by atoms with Crippen LogP contribution in [0.4, 0.5) is 9.18 Å². The molecular weight excluding hydrogens is 263 g/mol. The van der Waals surface area contributed by atoms with Gasteiger partial charge in [-0.15, -0.1) is 5.10 Å². The fraction of sp³-hybridized carbons (Fsp3) is 0.571. The maximum Gasteiger partial charge on any atom is 0.435 e. The van der Waals surface area contributed by atoms with Crippen LogP contribution in [0.15, 0.2) is 24.2 Å². The van der Waals surface area contributed by atoms with Crippen LogP contribution in [-0.4, -0.2) is 28.1 Å². The van der Waals surface area contributed by atoms with Crippen LogP contribution in [0.3, 0.4) is 0 Å². The Kier molecular flexibility index (Phi) is 3.58. The Hall–Kier alpha value is -1.85. The van der Waals surface area contributed by atoms with Gasteiger partial charge in [-0.1, -0.05) is 6.92 Å². The van der Waals surface area contributed by atoms with Crippen molar-refractivity contribution in [2.24, 2.45) is 5.41 Å². The topological polar surface area (TPSA) is 53.4 Å². The summed E-state index contributed by atoms with van der Waals surface area (Å²) < 4.78 is 24.5. The van der Waals surface area contributed by atoms with E-state index in [0.29, 0.717) is 18.9 Å². The quantitative estimate of drug-likeness (QED) is 0.853. The molecule has 1 aromatic heterocycles. The van der Waals surface area contributed by atoms with Gasteiger partial charge in [0.25, 0.3) is 0 Å². The zero-order valence-electron chi connectivity index (χ0n) is 12.1. The molecule has 110 valence electrons. The Bertz CT molecular complexity index is 545. The first-order chi connectivity index (χ1) is 9.17. The van der Waals surface area contributed by atoms with Gasteiger partial charge in [0.15, 0.2) is 0 Å². The average Bonchev–Trinajstić information content (AvgIpc) is 2.71. The zero-order valence-corrected chi connectivity index (χ0v) is 12.1. The smallest absolute Gasteiger partial charge is 0.435 e. The molecule has 1 aromatic rings. The van der Waals surface area contributed by atoms with Crippen molar-refractivity contribution < 1.29 is 18.7 Å². The number of carbonyl (C=O) groups is 1. The molecule has 0 saturated carbocycles. The summed E-state index contributed by atoms with van der Waals surface area (Å²) >= 11 is 0. The summed E-state index contributed by atoms with van der Waals surface area (Å²) in [6.07, 6.45) is 2.83. The molecule has 0 spiro atoms. The third kappa shape index (κ3) is 3.59. The average molecular weight is 282 g/mol. The number of hydrogen-bond donors (Lipinski definition) is 0. The lowest BCUT2D eigenvalue weighted by molar-refractivity contribution is 0.0510. The second-order valence-electron chi connectivity index (χ2n) is 6.29. The van der Waals surface area contributed by atoms with Crippen molar-refractivity contribution in [3.8, 4) is 5.88 Å². The monoisotopic (exact) mass is 282 g/mol. The standard InChI is InChI=1S/C14H19FN2O3/c1-13(2,3)20-12(18)17-6-5-11(16-17)19-9-14(4)7-10(15)8-14/h5-7H,8-9H2,1-4H3. The molecule has 0 N–H and O–H groups in total. The van der Waals surface area contributed by atoms with Crippen LogP contribution < -0.4 is 4.74 Å². The molecule has 1 aliphatic rings. The minimum Gasteiger partial charge on any atom is -0.476 e. The highest BCUT2D eigenvalue weighted by molar-refractivity contribution is 5.69. The molecule has 0 aromatic carbocycles. The van der Waals surface area contributed by atoms with E-state index in [2.05, 4.69) is 5.10 Å². The van der Waals surface area contributed by atoms with Crippen molar-refractivity contribution in [1.82, 2.24) is 9.78 Å². The fourth-order valence-corrected chi connectivity index (χ4v) is 1.86. The van der Waals surface area contributed by atoms with Crippen LogP contribution in [0.5, 0.6) is 5.88 Å². The van der Waals surface area contributed by atoms with Crippen molar-refractivity contribution in [3.63, 3.8) is 0 Å². The molecule has 1 aliphatic carbocycles. The molecule has 6 heteroatoms. The van der Waals surface area contributed by atoms with Gasteiger partial charge < -0.3 is 9.47 Å². The Balaban J connectivity index is 1.91. The first kappa shape index (κ1) is 14.6. The molecule has 1 unspecified atom stereocenters. The lowest BCUT2D eigenvalue weighted by Gasteiger charge is -2.31. The van der Waals surface area contributed by atoms with Crippen LogP contribution in [0.2, 0.25) is 0 Å². The molecule has 0 bridgehead atoms. The third-order valence-corrected chi connectivity index (χ3v) is 2.77. The van der Waals surface area contributed by atoms with Gasteiger partial charge >= 0.3 is 6.09 Å². The van der Waals surface area contributed by atoms with Gasteiger partial charge in [-0.05, 0) is 26.8 Å². The lowest BCUT2D eigenvalue weighted by atomic mass is 9.78. The maximum absolute atomic E-state index is 12.7. The summed E-state index contributed by atoms with van der Waals surface area (Å²) in [5, 5.41) is 3.98. The predicted octanol–water partition coefficient (Wildman–Crippen LogP) is 3.31. The number of hydrogen-bond acceptors (Lipinski definition) is 4. The summed E-state index contributed by atoms with van der Waals surface area (Å²) in [6.45, 7) is 7.57. The molecule has 2 rings (SSSR count). The van der Waals surface area contributed by atoms with Crippen molar-refractivity contribution >= 4 is 6.09 Å². The minimum atomic E-state index is -0.578. The summed E-state index contributed by atoms with van der Waals surface area (Å²) in [6, 6.07) is 1.58. The van der Waals surface area contributed by atoms with E-state index in [1.165, 1.54) is 12.3 Å². The molecular formula is C14H19FN2O3. The molecule has 0 aliphatic heterocycles. The predicted molar refractivity (Wildman–Crippen MR) is 71.3 cm³/mol. The van der Waals surface area contributed by atoms with Crippen molar-refractivity contribution in [3.05, 3.63) is 24.2 Å².